The number of nitrogens with zero attached hydrogens (tertiary/aromatic N) is 2. The molecule has 5 nitrogen and oxygen atoms in total. The largest absolute Gasteiger partial charge is 0.475 e. The van der Waals surface area contributed by atoms with Crippen molar-refractivity contribution in [2.24, 2.45) is 0 Å². The van der Waals surface area contributed by atoms with Crippen LogP contribution >= 0.6 is 0 Å². The summed E-state index contributed by atoms with van der Waals surface area (Å²) >= 11 is 0. The lowest BCUT2D eigenvalue weighted by atomic mass is 9.84. The lowest BCUT2D eigenvalue weighted by Crippen LogP contribution is -2.08. The SMILES string of the molecule is CS(=O)(=O)c1ccc(-c2c(C3CCCCC3)nn3c2OCC3)cc1. The van der Waals surface area contributed by atoms with Crippen molar-refractivity contribution in [1.29, 1.82) is 0 Å². The van der Waals surface area contributed by atoms with Gasteiger partial charge in [-0.05, 0) is 30.5 Å². The first-order chi connectivity index (χ1) is 11.5. The van der Waals surface area contributed by atoms with Crippen molar-refractivity contribution in [2.75, 3.05) is 12.9 Å². The molecule has 0 amide bonds. The highest BCUT2D eigenvalue weighted by Crippen LogP contribution is 2.43. The Morgan fingerprint density at radius 2 is 1.83 bits per heavy atom. The number of aromatic nitrogens is 2. The molecule has 1 saturated carbocycles. The third-order valence-corrected chi connectivity index (χ3v) is 6.17. The van der Waals surface area contributed by atoms with Crippen LogP contribution in [0.1, 0.15) is 43.7 Å². The maximum atomic E-state index is 11.7. The zero-order valence-electron chi connectivity index (χ0n) is 13.9. The summed E-state index contributed by atoms with van der Waals surface area (Å²) in [6.45, 7) is 1.44. The Balaban J connectivity index is 1.79. The maximum Gasteiger partial charge on any atom is 0.220 e. The van der Waals surface area contributed by atoms with Crippen LogP contribution in [-0.4, -0.2) is 31.1 Å². The molecular weight excluding hydrogens is 324 g/mol. The minimum absolute atomic E-state index is 0.343. The summed E-state index contributed by atoms with van der Waals surface area (Å²) in [5.74, 6) is 1.31. The van der Waals surface area contributed by atoms with Gasteiger partial charge in [0, 0.05) is 12.2 Å². The van der Waals surface area contributed by atoms with Crippen LogP contribution in [0, 0.1) is 0 Å². The molecule has 0 atom stereocenters. The Morgan fingerprint density at radius 3 is 2.50 bits per heavy atom. The summed E-state index contributed by atoms with van der Waals surface area (Å²) in [7, 11) is -3.18. The van der Waals surface area contributed by atoms with Crippen molar-refractivity contribution in [1.82, 2.24) is 9.78 Å². The van der Waals surface area contributed by atoms with E-state index >= 15 is 0 Å². The third kappa shape index (κ3) is 2.73. The molecule has 0 radical (unpaired) electrons. The van der Waals surface area contributed by atoms with Crippen LogP contribution in [0.4, 0.5) is 0 Å². The molecule has 6 heteroatoms. The zero-order valence-corrected chi connectivity index (χ0v) is 14.7. The average molecular weight is 346 g/mol. The fourth-order valence-corrected chi connectivity index (χ4v) is 4.42. The second-order valence-corrected chi connectivity index (χ2v) is 8.78. The predicted octanol–water partition coefficient (Wildman–Crippen LogP) is 3.39. The molecule has 0 N–H and O–H groups in total. The van der Waals surface area contributed by atoms with Gasteiger partial charge in [-0.3, -0.25) is 0 Å². The van der Waals surface area contributed by atoms with Crippen molar-refractivity contribution >= 4 is 9.84 Å². The number of benzene rings is 1. The van der Waals surface area contributed by atoms with Crippen molar-refractivity contribution in [3.63, 3.8) is 0 Å². The molecule has 4 rings (SSSR count). The summed E-state index contributed by atoms with van der Waals surface area (Å²) in [6.07, 6.45) is 7.38. The highest BCUT2D eigenvalue weighted by atomic mass is 32.2. The van der Waals surface area contributed by atoms with E-state index in [4.69, 9.17) is 9.84 Å². The van der Waals surface area contributed by atoms with Crippen LogP contribution in [0.3, 0.4) is 0 Å². The standard InChI is InChI=1S/C18H22N2O3S/c1-24(21,22)15-9-7-13(8-10-15)16-17(14-5-3-2-4-6-14)19-20-11-12-23-18(16)20/h7-10,14H,2-6,11-12H2,1H3. The number of rotatable bonds is 3. The number of hydrogen-bond acceptors (Lipinski definition) is 4. The number of fused-ring (bicyclic) bond motifs is 1. The van der Waals surface area contributed by atoms with Gasteiger partial charge in [0.1, 0.15) is 6.61 Å². The lowest BCUT2D eigenvalue weighted by Gasteiger charge is -2.21. The van der Waals surface area contributed by atoms with Crippen LogP contribution in [0.15, 0.2) is 29.2 Å². The summed E-state index contributed by atoms with van der Waals surface area (Å²) in [6, 6.07) is 7.10. The monoisotopic (exact) mass is 346 g/mol. The first kappa shape index (κ1) is 15.7. The topological polar surface area (TPSA) is 61.2 Å². The van der Waals surface area contributed by atoms with Crippen molar-refractivity contribution in [3.8, 4) is 17.0 Å². The minimum atomic E-state index is -3.18. The number of ether oxygens (including phenoxy) is 1. The molecule has 0 saturated heterocycles. The van der Waals surface area contributed by atoms with Crippen LogP contribution in [0.5, 0.6) is 5.88 Å². The highest BCUT2D eigenvalue weighted by Gasteiger charge is 2.29. The Bertz CT molecular complexity index is 847. The summed E-state index contributed by atoms with van der Waals surface area (Å²) in [4.78, 5) is 0.343. The molecule has 2 aliphatic rings. The molecule has 2 aromatic rings. The van der Waals surface area contributed by atoms with E-state index in [1.54, 1.807) is 12.1 Å². The molecule has 1 aliphatic carbocycles. The van der Waals surface area contributed by atoms with Gasteiger partial charge in [0.25, 0.3) is 0 Å². The fraction of sp³-hybridized carbons (Fsp3) is 0.500. The zero-order chi connectivity index (χ0) is 16.7. The van der Waals surface area contributed by atoms with E-state index in [0.717, 1.165) is 29.2 Å². The van der Waals surface area contributed by atoms with Crippen LogP contribution < -0.4 is 4.74 Å². The molecule has 1 fully saturated rings. The van der Waals surface area contributed by atoms with Crippen molar-refractivity contribution in [2.45, 2.75) is 49.5 Å². The molecule has 2 heterocycles. The van der Waals surface area contributed by atoms with Gasteiger partial charge in [-0.15, -0.1) is 0 Å². The average Bonchev–Trinajstić information content (AvgIpc) is 3.15. The van der Waals surface area contributed by atoms with Gasteiger partial charge in [-0.1, -0.05) is 31.4 Å². The fourth-order valence-electron chi connectivity index (χ4n) is 3.79. The predicted molar refractivity (Wildman–Crippen MR) is 92.1 cm³/mol. The minimum Gasteiger partial charge on any atom is -0.475 e. The van der Waals surface area contributed by atoms with Gasteiger partial charge in [-0.25, -0.2) is 13.1 Å². The molecule has 0 spiro atoms. The maximum absolute atomic E-state index is 11.7. The van der Waals surface area contributed by atoms with Crippen molar-refractivity contribution < 1.29 is 13.2 Å². The lowest BCUT2D eigenvalue weighted by molar-refractivity contribution is 0.356. The van der Waals surface area contributed by atoms with E-state index in [1.165, 1.54) is 38.4 Å². The van der Waals surface area contributed by atoms with E-state index < -0.39 is 9.84 Å². The Morgan fingerprint density at radius 1 is 1.12 bits per heavy atom. The van der Waals surface area contributed by atoms with Gasteiger partial charge >= 0.3 is 0 Å². The second kappa shape index (κ2) is 5.92. The summed E-state index contributed by atoms with van der Waals surface area (Å²) in [5.41, 5.74) is 3.17. The Hall–Kier alpha value is -1.82. The molecule has 0 unspecified atom stereocenters. The van der Waals surface area contributed by atoms with Gasteiger partial charge in [-0.2, -0.15) is 5.10 Å². The normalized spacial score (nSPS) is 18.4. The quantitative estimate of drug-likeness (QED) is 0.855. The van der Waals surface area contributed by atoms with Gasteiger partial charge < -0.3 is 4.74 Å². The second-order valence-electron chi connectivity index (χ2n) is 6.77. The van der Waals surface area contributed by atoms with Gasteiger partial charge in [0.05, 0.1) is 22.7 Å². The smallest absolute Gasteiger partial charge is 0.220 e. The van der Waals surface area contributed by atoms with E-state index in [0.29, 0.717) is 17.4 Å². The number of sulfone groups is 1. The van der Waals surface area contributed by atoms with Crippen LogP contribution in [0.25, 0.3) is 11.1 Å². The highest BCUT2D eigenvalue weighted by molar-refractivity contribution is 7.90. The molecule has 24 heavy (non-hydrogen) atoms. The molecule has 128 valence electrons. The molecule has 1 aromatic carbocycles. The van der Waals surface area contributed by atoms with E-state index in [1.807, 2.05) is 16.8 Å². The number of hydrogen-bond donors (Lipinski definition) is 0. The van der Waals surface area contributed by atoms with E-state index in [9.17, 15) is 8.42 Å². The van der Waals surface area contributed by atoms with E-state index in [2.05, 4.69) is 0 Å². The van der Waals surface area contributed by atoms with Crippen LogP contribution in [-0.2, 0) is 16.4 Å². The first-order valence-electron chi connectivity index (χ1n) is 8.58. The summed E-state index contributed by atoms with van der Waals surface area (Å²) < 4.78 is 31.2. The van der Waals surface area contributed by atoms with Crippen LogP contribution in [0.2, 0.25) is 0 Å². The summed E-state index contributed by atoms with van der Waals surface area (Å²) in [5, 5.41) is 4.84. The molecule has 0 bridgehead atoms. The van der Waals surface area contributed by atoms with Crippen molar-refractivity contribution in [3.05, 3.63) is 30.0 Å². The Labute approximate surface area is 142 Å². The van der Waals surface area contributed by atoms with Gasteiger partial charge in [0.15, 0.2) is 9.84 Å². The first-order valence-corrected chi connectivity index (χ1v) is 10.5. The molecule has 1 aliphatic heterocycles. The molecular formula is C18H22N2O3S. The Kier molecular flexibility index (Phi) is 3.87. The van der Waals surface area contributed by atoms with Gasteiger partial charge in [0.2, 0.25) is 5.88 Å². The van der Waals surface area contributed by atoms with E-state index in [-0.39, 0.29) is 0 Å². The third-order valence-electron chi connectivity index (χ3n) is 5.04. The molecule has 1 aromatic heterocycles.